The van der Waals surface area contributed by atoms with Gasteiger partial charge in [0.25, 0.3) is 0 Å². The minimum absolute atomic E-state index is 0.0476. The van der Waals surface area contributed by atoms with Gasteiger partial charge in [0.2, 0.25) is 5.91 Å². The van der Waals surface area contributed by atoms with Crippen molar-refractivity contribution in [3.8, 4) is 5.69 Å². The van der Waals surface area contributed by atoms with Crippen LogP contribution in [-0.4, -0.2) is 53.3 Å². The first kappa shape index (κ1) is 21.1. The summed E-state index contributed by atoms with van der Waals surface area (Å²) in [6, 6.07) is 16.4. The van der Waals surface area contributed by atoms with Crippen LogP contribution >= 0.6 is 0 Å². The molecule has 1 aliphatic rings. The number of para-hydroxylation sites is 1. The largest absolute Gasteiger partial charge is 0.366 e. The zero-order valence-electron chi connectivity index (χ0n) is 18.9. The number of hydrogen-bond donors (Lipinski definition) is 1. The molecule has 1 amide bonds. The summed E-state index contributed by atoms with van der Waals surface area (Å²) in [5.41, 5.74) is 7.64. The number of piperazine rings is 1. The van der Waals surface area contributed by atoms with Crippen molar-refractivity contribution in [2.24, 2.45) is 0 Å². The van der Waals surface area contributed by atoms with Crippen LogP contribution < -0.4 is 10.2 Å². The zero-order chi connectivity index (χ0) is 22.0. The number of aromatic nitrogens is 2. The minimum Gasteiger partial charge on any atom is -0.366 e. The van der Waals surface area contributed by atoms with E-state index >= 15 is 0 Å². The van der Waals surface area contributed by atoms with Crippen LogP contribution in [0.4, 0.5) is 11.4 Å². The van der Waals surface area contributed by atoms with E-state index in [0.717, 1.165) is 60.1 Å². The fourth-order valence-electron chi connectivity index (χ4n) is 4.31. The van der Waals surface area contributed by atoms with Gasteiger partial charge in [0, 0.05) is 31.9 Å². The number of aryl methyl sites for hydroxylation is 3. The topological polar surface area (TPSA) is 53.4 Å². The van der Waals surface area contributed by atoms with E-state index in [4.69, 9.17) is 5.10 Å². The van der Waals surface area contributed by atoms with Crippen LogP contribution in [0, 0.1) is 27.7 Å². The molecule has 162 valence electrons. The molecule has 1 N–H and O–H groups in total. The molecule has 0 saturated carbocycles. The lowest BCUT2D eigenvalue weighted by molar-refractivity contribution is -0.117. The van der Waals surface area contributed by atoms with Gasteiger partial charge in [-0.3, -0.25) is 9.69 Å². The van der Waals surface area contributed by atoms with Gasteiger partial charge in [-0.1, -0.05) is 30.3 Å². The SMILES string of the molecule is Cc1ccc(C)c(NC(=O)CN2CCN(c3c(C)nn(-c4ccccc4)c3C)CC2)c1. The van der Waals surface area contributed by atoms with Crippen LogP contribution in [0.5, 0.6) is 0 Å². The Labute approximate surface area is 184 Å². The molecular formula is C25H31N5O. The molecule has 0 unspecified atom stereocenters. The maximum Gasteiger partial charge on any atom is 0.238 e. The molecule has 0 radical (unpaired) electrons. The monoisotopic (exact) mass is 417 g/mol. The molecule has 3 aromatic rings. The third-order valence-electron chi connectivity index (χ3n) is 5.98. The number of amides is 1. The fourth-order valence-corrected chi connectivity index (χ4v) is 4.31. The highest BCUT2D eigenvalue weighted by molar-refractivity contribution is 5.93. The number of rotatable bonds is 5. The van der Waals surface area contributed by atoms with E-state index in [2.05, 4.69) is 47.2 Å². The fraction of sp³-hybridized carbons (Fsp3) is 0.360. The van der Waals surface area contributed by atoms with Gasteiger partial charge >= 0.3 is 0 Å². The van der Waals surface area contributed by atoms with E-state index in [-0.39, 0.29) is 5.91 Å². The van der Waals surface area contributed by atoms with Crippen LogP contribution in [0.1, 0.15) is 22.5 Å². The van der Waals surface area contributed by atoms with Crippen molar-refractivity contribution in [1.82, 2.24) is 14.7 Å². The summed E-state index contributed by atoms with van der Waals surface area (Å²) in [5, 5.41) is 7.86. The summed E-state index contributed by atoms with van der Waals surface area (Å²) >= 11 is 0. The Morgan fingerprint density at radius 2 is 1.68 bits per heavy atom. The standard InChI is InChI=1S/C25H31N5O/c1-18-10-11-19(2)23(16-18)26-24(31)17-28-12-14-29(15-13-28)25-20(3)27-30(21(25)4)22-8-6-5-7-9-22/h5-11,16H,12-15,17H2,1-4H3,(H,26,31). The molecule has 31 heavy (non-hydrogen) atoms. The molecule has 4 rings (SSSR count). The summed E-state index contributed by atoms with van der Waals surface area (Å²) in [7, 11) is 0. The summed E-state index contributed by atoms with van der Waals surface area (Å²) in [6.07, 6.45) is 0. The average molecular weight is 418 g/mol. The molecule has 0 spiro atoms. The maximum absolute atomic E-state index is 12.6. The Morgan fingerprint density at radius 1 is 0.968 bits per heavy atom. The van der Waals surface area contributed by atoms with Crippen molar-refractivity contribution in [2.45, 2.75) is 27.7 Å². The highest BCUT2D eigenvalue weighted by Crippen LogP contribution is 2.27. The van der Waals surface area contributed by atoms with Crippen LogP contribution in [0.3, 0.4) is 0 Å². The molecule has 0 atom stereocenters. The number of carbonyl (C=O) groups is 1. The van der Waals surface area contributed by atoms with Crippen molar-refractivity contribution in [2.75, 3.05) is 42.9 Å². The van der Waals surface area contributed by atoms with E-state index in [1.54, 1.807) is 0 Å². The third-order valence-corrected chi connectivity index (χ3v) is 5.98. The van der Waals surface area contributed by atoms with Crippen molar-refractivity contribution >= 4 is 17.3 Å². The highest BCUT2D eigenvalue weighted by Gasteiger charge is 2.24. The van der Waals surface area contributed by atoms with E-state index < -0.39 is 0 Å². The predicted octanol–water partition coefficient (Wildman–Crippen LogP) is 3.87. The number of anilines is 2. The predicted molar refractivity (Wildman–Crippen MR) is 126 cm³/mol. The molecule has 6 nitrogen and oxygen atoms in total. The van der Waals surface area contributed by atoms with Gasteiger partial charge in [-0.15, -0.1) is 0 Å². The van der Waals surface area contributed by atoms with Crippen LogP contribution in [0.2, 0.25) is 0 Å². The van der Waals surface area contributed by atoms with Crippen LogP contribution in [0.25, 0.3) is 5.69 Å². The Kier molecular flexibility index (Phi) is 6.09. The van der Waals surface area contributed by atoms with Gasteiger partial charge in [-0.25, -0.2) is 4.68 Å². The normalized spacial score (nSPS) is 14.6. The van der Waals surface area contributed by atoms with E-state index in [1.165, 1.54) is 5.69 Å². The molecular weight excluding hydrogens is 386 g/mol. The Hall–Kier alpha value is -3.12. The van der Waals surface area contributed by atoms with E-state index in [1.807, 2.05) is 48.9 Å². The molecule has 0 aliphatic carbocycles. The van der Waals surface area contributed by atoms with Gasteiger partial charge in [-0.05, 0) is 57.0 Å². The van der Waals surface area contributed by atoms with Crippen molar-refractivity contribution in [1.29, 1.82) is 0 Å². The summed E-state index contributed by atoms with van der Waals surface area (Å²) in [4.78, 5) is 17.2. The molecule has 2 aromatic carbocycles. The molecule has 0 bridgehead atoms. The van der Waals surface area contributed by atoms with Gasteiger partial charge in [0.05, 0.1) is 29.3 Å². The molecule has 1 saturated heterocycles. The summed E-state index contributed by atoms with van der Waals surface area (Å²) in [6.45, 7) is 12.2. The molecule has 1 aliphatic heterocycles. The first-order chi connectivity index (χ1) is 14.9. The van der Waals surface area contributed by atoms with Gasteiger partial charge in [-0.2, -0.15) is 5.10 Å². The van der Waals surface area contributed by atoms with Gasteiger partial charge in [0.15, 0.2) is 0 Å². The molecule has 1 aromatic heterocycles. The van der Waals surface area contributed by atoms with Crippen LogP contribution in [-0.2, 0) is 4.79 Å². The molecule has 6 heteroatoms. The third kappa shape index (κ3) is 4.64. The Morgan fingerprint density at radius 3 is 2.39 bits per heavy atom. The molecule has 1 fully saturated rings. The lowest BCUT2D eigenvalue weighted by atomic mass is 10.1. The lowest BCUT2D eigenvalue weighted by Crippen LogP contribution is -2.49. The Bertz CT molecular complexity index is 1070. The average Bonchev–Trinajstić information content (AvgIpc) is 3.06. The quantitative estimate of drug-likeness (QED) is 0.685. The number of hydrogen-bond acceptors (Lipinski definition) is 4. The molecule has 2 heterocycles. The highest BCUT2D eigenvalue weighted by atomic mass is 16.2. The first-order valence-electron chi connectivity index (χ1n) is 10.9. The van der Waals surface area contributed by atoms with E-state index in [9.17, 15) is 4.79 Å². The second kappa shape index (κ2) is 8.94. The number of nitrogens with one attached hydrogen (secondary N) is 1. The first-order valence-corrected chi connectivity index (χ1v) is 10.9. The summed E-state index contributed by atoms with van der Waals surface area (Å²) < 4.78 is 2.02. The minimum atomic E-state index is 0.0476. The maximum atomic E-state index is 12.6. The van der Waals surface area contributed by atoms with Crippen molar-refractivity contribution in [3.05, 3.63) is 71.0 Å². The zero-order valence-corrected chi connectivity index (χ0v) is 18.9. The van der Waals surface area contributed by atoms with E-state index in [0.29, 0.717) is 6.54 Å². The van der Waals surface area contributed by atoms with Gasteiger partial charge < -0.3 is 10.2 Å². The van der Waals surface area contributed by atoms with Crippen molar-refractivity contribution < 1.29 is 4.79 Å². The summed E-state index contributed by atoms with van der Waals surface area (Å²) in [5.74, 6) is 0.0476. The smallest absolute Gasteiger partial charge is 0.238 e. The number of nitrogens with zero attached hydrogens (tertiary/aromatic N) is 4. The van der Waals surface area contributed by atoms with Crippen molar-refractivity contribution in [3.63, 3.8) is 0 Å². The number of benzene rings is 2. The number of carbonyl (C=O) groups excluding carboxylic acids is 1. The Balaban J connectivity index is 1.37. The second-order valence-electron chi connectivity index (χ2n) is 8.40. The second-order valence-corrected chi connectivity index (χ2v) is 8.40. The van der Waals surface area contributed by atoms with Crippen LogP contribution in [0.15, 0.2) is 48.5 Å². The lowest BCUT2D eigenvalue weighted by Gasteiger charge is -2.35. The van der Waals surface area contributed by atoms with Gasteiger partial charge in [0.1, 0.15) is 0 Å².